The molecule has 0 bridgehead atoms. The third-order valence-electron chi connectivity index (χ3n) is 3.46. The molecule has 1 aromatic rings. The molecule has 0 aliphatic heterocycles. The number of aliphatic hydroxyl groups is 1. The number of carboxylic acids is 1. The SMILES string of the molecule is CCCC[C@H](NC(=O)C(CO)NC(=O)OCc1ccccc1)C(=O)O. The number of nitrogens with one attached hydrogen (secondary N) is 2. The highest BCUT2D eigenvalue weighted by Crippen LogP contribution is 2.03. The molecule has 2 atom stereocenters. The summed E-state index contributed by atoms with van der Waals surface area (Å²) in [6, 6.07) is 6.61. The Morgan fingerprint density at radius 2 is 1.80 bits per heavy atom. The Hall–Kier alpha value is -2.61. The van der Waals surface area contributed by atoms with Crippen molar-refractivity contribution in [3.8, 4) is 0 Å². The highest BCUT2D eigenvalue weighted by Gasteiger charge is 2.26. The van der Waals surface area contributed by atoms with Gasteiger partial charge in [0.05, 0.1) is 6.61 Å². The van der Waals surface area contributed by atoms with Gasteiger partial charge in [0.25, 0.3) is 0 Å². The lowest BCUT2D eigenvalue weighted by atomic mass is 10.1. The second kappa shape index (κ2) is 11.0. The zero-order valence-corrected chi connectivity index (χ0v) is 14.1. The van der Waals surface area contributed by atoms with Crippen molar-refractivity contribution in [1.82, 2.24) is 10.6 Å². The quantitative estimate of drug-likeness (QED) is 0.498. The standard InChI is InChI=1S/C17H24N2O6/c1-2-3-9-13(16(22)23)18-15(21)14(10-20)19-17(24)25-11-12-7-5-4-6-8-12/h4-8,13-14,20H,2-3,9-11H2,1H3,(H,18,21)(H,19,24)(H,22,23)/t13-,14?/m0/s1. The Morgan fingerprint density at radius 1 is 1.12 bits per heavy atom. The van der Waals surface area contributed by atoms with E-state index in [4.69, 9.17) is 9.84 Å². The van der Waals surface area contributed by atoms with Gasteiger partial charge in [-0.25, -0.2) is 9.59 Å². The normalized spacial score (nSPS) is 12.7. The molecule has 0 aromatic heterocycles. The van der Waals surface area contributed by atoms with E-state index in [9.17, 15) is 19.5 Å². The minimum Gasteiger partial charge on any atom is -0.480 e. The van der Waals surface area contributed by atoms with Crippen molar-refractivity contribution in [2.24, 2.45) is 0 Å². The average molecular weight is 352 g/mol. The van der Waals surface area contributed by atoms with Gasteiger partial charge in [-0.05, 0) is 12.0 Å². The number of ether oxygens (including phenoxy) is 1. The minimum atomic E-state index is -1.29. The fraction of sp³-hybridized carbons (Fsp3) is 0.471. The molecule has 1 aromatic carbocycles. The van der Waals surface area contributed by atoms with Crippen molar-refractivity contribution in [3.05, 3.63) is 35.9 Å². The fourth-order valence-corrected chi connectivity index (χ4v) is 2.04. The topological polar surface area (TPSA) is 125 Å². The van der Waals surface area contributed by atoms with Crippen LogP contribution in [-0.4, -0.2) is 46.9 Å². The summed E-state index contributed by atoms with van der Waals surface area (Å²) in [7, 11) is 0. The molecule has 1 rings (SSSR count). The van der Waals surface area contributed by atoms with Gasteiger partial charge < -0.3 is 25.6 Å². The minimum absolute atomic E-state index is 0.0146. The van der Waals surface area contributed by atoms with Gasteiger partial charge in [0.1, 0.15) is 18.7 Å². The van der Waals surface area contributed by atoms with Gasteiger partial charge in [-0.3, -0.25) is 4.79 Å². The molecular formula is C17H24N2O6. The molecule has 0 aliphatic rings. The number of hydrogen-bond acceptors (Lipinski definition) is 5. The molecular weight excluding hydrogens is 328 g/mol. The number of aliphatic carboxylic acids is 1. The van der Waals surface area contributed by atoms with Gasteiger partial charge in [0.15, 0.2) is 0 Å². The summed E-state index contributed by atoms with van der Waals surface area (Å²) in [6.07, 6.45) is 0.813. The maximum absolute atomic E-state index is 12.1. The number of alkyl carbamates (subject to hydrolysis) is 1. The van der Waals surface area contributed by atoms with E-state index in [2.05, 4.69) is 10.6 Å². The van der Waals surface area contributed by atoms with E-state index >= 15 is 0 Å². The number of rotatable bonds is 10. The van der Waals surface area contributed by atoms with Crippen molar-refractivity contribution < 1.29 is 29.3 Å². The summed E-state index contributed by atoms with van der Waals surface area (Å²) >= 11 is 0. The Balaban J connectivity index is 2.51. The first-order valence-electron chi connectivity index (χ1n) is 8.09. The molecule has 0 saturated heterocycles. The van der Waals surface area contributed by atoms with Gasteiger partial charge in [-0.15, -0.1) is 0 Å². The van der Waals surface area contributed by atoms with Gasteiger partial charge in [-0.2, -0.15) is 0 Å². The van der Waals surface area contributed by atoms with Crippen LogP contribution in [0.15, 0.2) is 30.3 Å². The molecule has 0 aliphatic carbocycles. The van der Waals surface area contributed by atoms with E-state index in [-0.39, 0.29) is 13.0 Å². The van der Waals surface area contributed by atoms with Crippen molar-refractivity contribution in [2.75, 3.05) is 6.61 Å². The highest BCUT2D eigenvalue weighted by molar-refractivity contribution is 5.89. The van der Waals surface area contributed by atoms with Crippen molar-refractivity contribution >= 4 is 18.0 Å². The molecule has 0 saturated carbocycles. The average Bonchev–Trinajstić information content (AvgIpc) is 2.61. The monoisotopic (exact) mass is 352 g/mol. The van der Waals surface area contributed by atoms with Gasteiger partial charge in [-0.1, -0.05) is 50.1 Å². The molecule has 0 spiro atoms. The van der Waals surface area contributed by atoms with E-state index in [1.54, 1.807) is 24.3 Å². The Labute approximate surface area is 146 Å². The van der Waals surface area contributed by atoms with Crippen LogP contribution in [0.1, 0.15) is 31.7 Å². The van der Waals surface area contributed by atoms with Crippen LogP contribution in [0.4, 0.5) is 4.79 Å². The van der Waals surface area contributed by atoms with E-state index < -0.39 is 36.7 Å². The zero-order chi connectivity index (χ0) is 18.7. The van der Waals surface area contributed by atoms with Crippen LogP contribution in [0.2, 0.25) is 0 Å². The smallest absolute Gasteiger partial charge is 0.408 e. The van der Waals surface area contributed by atoms with Crippen molar-refractivity contribution in [1.29, 1.82) is 0 Å². The second-order valence-corrected chi connectivity index (χ2v) is 5.48. The molecule has 8 nitrogen and oxygen atoms in total. The van der Waals surface area contributed by atoms with Crippen LogP contribution in [0.5, 0.6) is 0 Å². The van der Waals surface area contributed by atoms with Crippen LogP contribution < -0.4 is 10.6 Å². The summed E-state index contributed by atoms with van der Waals surface area (Å²) in [5.74, 6) is -1.94. The van der Waals surface area contributed by atoms with Crippen molar-refractivity contribution in [3.63, 3.8) is 0 Å². The first kappa shape index (κ1) is 20.4. The number of hydrogen-bond donors (Lipinski definition) is 4. The molecule has 0 fully saturated rings. The van der Waals surface area contributed by atoms with Crippen LogP contribution in [0.25, 0.3) is 0 Å². The van der Waals surface area contributed by atoms with Crippen molar-refractivity contribution in [2.45, 2.75) is 44.9 Å². The maximum Gasteiger partial charge on any atom is 0.408 e. The highest BCUT2D eigenvalue weighted by atomic mass is 16.5. The zero-order valence-electron chi connectivity index (χ0n) is 14.1. The van der Waals surface area contributed by atoms with Gasteiger partial charge in [0, 0.05) is 0 Å². The summed E-state index contributed by atoms with van der Waals surface area (Å²) < 4.78 is 4.97. The lowest BCUT2D eigenvalue weighted by Gasteiger charge is -2.19. The summed E-state index contributed by atoms with van der Waals surface area (Å²) in [6.45, 7) is 1.24. The molecule has 1 unspecified atom stereocenters. The molecule has 0 heterocycles. The Kier molecular flexibility index (Phi) is 9.02. The third kappa shape index (κ3) is 7.67. The molecule has 8 heteroatoms. The molecule has 2 amide bonds. The summed E-state index contributed by atoms with van der Waals surface area (Å²) in [5.41, 5.74) is 0.771. The van der Waals surface area contributed by atoms with Gasteiger partial charge >= 0.3 is 12.1 Å². The van der Waals surface area contributed by atoms with Crippen LogP contribution in [0, 0.1) is 0 Å². The lowest BCUT2D eigenvalue weighted by molar-refractivity contribution is -0.142. The number of amides is 2. The molecule has 4 N–H and O–H groups in total. The number of aliphatic hydroxyl groups excluding tert-OH is 1. The largest absolute Gasteiger partial charge is 0.480 e. The van der Waals surface area contributed by atoms with E-state index in [0.29, 0.717) is 6.42 Å². The maximum atomic E-state index is 12.1. The molecule has 138 valence electrons. The van der Waals surface area contributed by atoms with Gasteiger partial charge in [0.2, 0.25) is 5.91 Å². The molecule has 25 heavy (non-hydrogen) atoms. The van der Waals surface area contributed by atoms with E-state index in [0.717, 1.165) is 12.0 Å². The van der Waals surface area contributed by atoms with Crippen LogP contribution in [-0.2, 0) is 20.9 Å². The predicted molar refractivity (Wildman–Crippen MR) is 89.7 cm³/mol. The Bertz CT molecular complexity index is 564. The van der Waals surface area contributed by atoms with Crippen LogP contribution >= 0.6 is 0 Å². The lowest BCUT2D eigenvalue weighted by Crippen LogP contribution is -2.53. The first-order chi connectivity index (χ1) is 12.0. The van der Waals surface area contributed by atoms with E-state index in [1.807, 2.05) is 13.0 Å². The first-order valence-corrected chi connectivity index (χ1v) is 8.09. The third-order valence-corrected chi connectivity index (χ3v) is 3.46. The molecule has 0 radical (unpaired) electrons. The Morgan fingerprint density at radius 3 is 2.36 bits per heavy atom. The summed E-state index contributed by atoms with van der Waals surface area (Å²) in [4.78, 5) is 34.9. The second-order valence-electron chi connectivity index (χ2n) is 5.48. The number of carbonyl (C=O) groups excluding carboxylic acids is 2. The number of benzene rings is 1. The number of carbonyl (C=O) groups is 3. The predicted octanol–water partition coefficient (Wildman–Crippen LogP) is 1.03. The van der Waals surface area contributed by atoms with E-state index in [1.165, 1.54) is 0 Å². The number of carboxylic acid groups (broad SMARTS) is 1. The fourth-order valence-electron chi connectivity index (χ4n) is 2.04. The summed E-state index contributed by atoms with van der Waals surface area (Å²) in [5, 5.41) is 22.9. The van der Waals surface area contributed by atoms with Crippen LogP contribution in [0.3, 0.4) is 0 Å². The number of unbranched alkanes of at least 4 members (excludes halogenated alkanes) is 1.